The van der Waals surface area contributed by atoms with E-state index in [9.17, 15) is 4.79 Å². The van der Waals surface area contributed by atoms with Gasteiger partial charge in [-0.2, -0.15) is 0 Å². The van der Waals surface area contributed by atoms with Crippen molar-refractivity contribution in [2.75, 3.05) is 0 Å². The van der Waals surface area contributed by atoms with E-state index in [-0.39, 0.29) is 11.1 Å². The van der Waals surface area contributed by atoms with Crippen molar-refractivity contribution in [1.29, 1.82) is 0 Å². The molecule has 0 saturated carbocycles. The summed E-state index contributed by atoms with van der Waals surface area (Å²) in [4.78, 5) is 15.3. The molecule has 18 heavy (non-hydrogen) atoms. The minimum absolute atomic E-state index is 0.0130. The van der Waals surface area contributed by atoms with E-state index in [0.717, 1.165) is 5.01 Å². The van der Waals surface area contributed by atoms with Gasteiger partial charge in [-0.3, -0.25) is 0 Å². The standard InChI is InChI=1S/C11H14N4O2S/c1-11(2,3)9-8(10(16)17)13-14-15(9)6-7-12-4-5-18-7/h4-5H,6H2,1-3H3,(H,16,17). The van der Waals surface area contributed by atoms with Crippen LogP contribution in [-0.4, -0.2) is 31.1 Å². The highest BCUT2D eigenvalue weighted by Crippen LogP contribution is 2.25. The lowest BCUT2D eigenvalue weighted by atomic mass is 9.90. The van der Waals surface area contributed by atoms with Gasteiger partial charge in [0.1, 0.15) is 5.01 Å². The molecule has 1 N–H and O–H groups in total. The van der Waals surface area contributed by atoms with Gasteiger partial charge in [-0.1, -0.05) is 26.0 Å². The average Bonchev–Trinajstić information content (AvgIpc) is 2.85. The van der Waals surface area contributed by atoms with Crippen LogP contribution in [0.15, 0.2) is 11.6 Å². The zero-order chi connectivity index (χ0) is 13.3. The van der Waals surface area contributed by atoms with Crippen LogP contribution < -0.4 is 0 Å². The Balaban J connectivity index is 2.45. The zero-order valence-corrected chi connectivity index (χ0v) is 11.2. The number of hydrogen-bond acceptors (Lipinski definition) is 5. The number of hydrogen-bond donors (Lipinski definition) is 1. The monoisotopic (exact) mass is 266 g/mol. The summed E-state index contributed by atoms with van der Waals surface area (Å²) in [6.45, 7) is 6.27. The molecule has 0 amide bonds. The highest BCUT2D eigenvalue weighted by molar-refractivity contribution is 7.09. The van der Waals surface area contributed by atoms with Crippen molar-refractivity contribution < 1.29 is 9.90 Å². The highest BCUT2D eigenvalue weighted by Gasteiger charge is 2.29. The fourth-order valence-electron chi connectivity index (χ4n) is 1.77. The molecule has 2 aromatic heterocycles. The summed E-state index contributed by atoms with van der Waals surface area (Å²) in [6.07, 6.45) is 1.71. The summed E-state index contributed by atoms with van der Waals surface area (Å²) in [5.41, 5.74) is 0.290. The van der Waals surface area contributed by atoms with E-state index >= 15 is 0 Å². The van der Waals surface area contributed by atoms with Crippen molar-refractivity contribution in [3.8, 4) is 0 Å². The molecule has 0 aliphatic rings. The van der Waals surface area contributed by atoms with Crippen LogP contribution in [0.1, 0.15) is 42.0 Å². The van der Waals surface area contributed by atoms with Crippen molar-refractivity contribution in [2.45, 2.75) is 32.7 Å². The molecule has 2 rings (SSSR count). The van der Waals surface area contributed by atoms with E-state index < -0.39 is 5.97 Å². The number of nitrogens with zero attached hydrogens (tertiary/aromatic N) is 4. The minimum Gasteiger partial charge on any atom is -0.476 e. The summed E-state index contributed by atoms with van der Waals surface area (Å²) in [7, 11) is 0. The first-order valence-electron chi connectivity index (χ1n) is 5.45. The predicted molar refractivity (Wildman–Crippen MR) is 66.9 cm³/mol. The lowest BCUT2D eigenvalue weighted by molar-refractivity contribution is 0.0687. The Kier molecular flexibility index (Phi) is 3.16. The molecule has 0 saturated heterocycles. The van der Waals surface area contributed by atoms with Crippen LogP contribution in [-0.2, 0) is 12.0 Å². The lowest BCUT2D eigenvalue weighted by Gasteiger charge is -2.19. The quantitative estimate of drug-likeness (QED) is 0.915. The number of carbonyl (C=O) groups is 1. The second kappa shape index (κ2) is 4.49. The lowest BCUT2D eigenvalue weighted by Crippen LogP contribution is -2.22. The summed E-state index contributed by atoms with van der Waals surface area (Å²) in [5.74, 6) is -1.05. The van der Waals surface area contributed by atoms with Gasteiger partial charge in [0.25, 0.3) is 0 Å². The molecule has 0 radical (unpaired) electrons. The second-order valence-corrected chi connectivity index (χ2v) is 5.90. The first-order chi connectivity index (χ1) is 8.39. The van der Waals surface area contributed by atoms with Gasteiger partial charge in [0.2, 0.25) is 0 Å². The van der Waals surface area contributed by atoms with E-state index in [0.29, 0.717) is 12.2 Å². The third-order valence-electron chi connectivity index (χ3n) is 2.42. The molecule has 0 unspecified atom stereocenters. The van der Waals surface area contributed by atoms with Crippen LogP contribution in [0.5, 0.6) is 0 Å². The Morgan fingerprint density at radius 3 is 2.72 bits per heavy atom. The van der Waals surface area contributed by atoms with Gasteiger partial charge in [0.05, 0.1) is 12.2 Å². The molecule has 0 aliphatic heterocycles. The second-order valence-electron chi connectivity index (χ2n) is 4.93. The van der Waals surface area contributed by atoms with E-state index in [1.807, 2.05) is 26.2 Å². The average molecular weight is 266 g/mol. The number of carboxylic acid groups (broad SMARTS) is 1. The minimum atomic E-state index is -1.05. The van der Waals surface area contributed by atoms with Crippen LogP contribution in [0.3, 0.4) is 0 Å². The molecule has 0 spiro atoms. The number of carboxylic acids is 1. The van der Waals surface area contributed by atoms with Crippen molar-refractivity contribution in [2.24, 2.45) is 0 Å². The Labute approximate surface area is 108 Å². The van der Waals surface area contributed by atoms with Crippen LogP contribution >= 0.6 is 11.3 Å². The van der Waals surface area contributed by atoms with Gasteiger partial charge in [-0.05, 0) is 0 Å². The maximum atomic E-state index is 11.2. The van der Waals surface area contributed by atoms with Gasteiger partial charge >= 0.3 is 5.97 Å². The molecule has 0 fully saturated rings. The smallest absolute Gasteiger partial charge is 0.358 e. The summed E-state index contributed by atoms with van der Waals surface area (Å²) < 4.78 is 1.61. The Morgan fingerprint density at radius 2 is 2.22 bits per heavy atom. The molecular weight excluding hydrogens is 252 g/mol. The maximum absolute atomic E-state index is 11.2. The number of aromatic carboxylic acids is 1. The molecule has 7 heteroatoms. The molecule has 0 aromatic carbocycles. The van der Waals surface area contributed by atoms with Crippen LogP contribution in [0, 0.1) is 0 Å². The molecule has 0 aliphatic carbocycles. The van der Waals surface area contributed by atoms with Crippen LogP contribution in [0.4, 0.5) is 0 Å². The topological polar surface area (TPSA) is 80.9 Å². The van der Waals surface area contributed by atoms with Gasteiger partial charge in [0.15, 0.2) is 5.69 Å². The summed E-state index contributed by atoms with van der Waals surface area (Å²) >= 11 is 1.51. The number of thiazole rings is 1. The molecule has 96 valence electrons. The van der Waals surface area contributed by atoms with E-state index in [1.165, 1.54) is 11.3 Å². The van der Waals surface area contributed by atoms with Crippen LogP contribution in [0.2, 0.25) is 0 Å². The third-order valence-corrected chi connectivity index (χ3v) is 3.18. The fraction of sp³-hybridized carbons (Fsp3) is 0.455. The Bertz CT molecular complexity index is 554. The molecule has 2 aromatic rings. The van der Waals surface area contributed by atoms with Crippen molar-refractivity contribution in [3.05, 3.63) is 28.0 Å². The fourth-order valence-corrected chi connectivity index (χ4v) is 2.37. The van der Waals surface area contributed by atoms with Crippen molar-refractivity contribution in [1.82, 2.24) is 20.0 Å². The van der Waals surface area contributed by atoms with E-state index in [2.05, 4.69) is 15.3 Å². The van der Waals surface area contributed by atoms with Gasteiger partial charge in [-0.15, -0.1) is 16.4 Å². The number of aromatic nitrogens is 4. The first-order valence-corrected chi connectivity index (χ1v) is 6.33. The predicted octanol–water partition coefficient (Wildman–Crippen LogP) is 1.78. The van der Waals surface area contributed by atoms with Gasteiger partial charge in [0, 0.05) is 17.0 Å². The molecular formula is C11H14N4O2S. The van der Waals surface area contributed by atoms with E-state index in [4.69, 9.17) is 5.11 Å². The van der Waals surface area contributed by atoms with Crippen LogP contribution in [0.25, 0.3) is 0 Å². The molecule has 0 bridgehead atoms. The molecule has 2 heterocycles. The van der Waals surface area contributed by atoms with Gasteiger partial charge in [-0.25, -0.2) is 14.5 Å². The third kappa shape index (κ3) is 2.40. The first kappa shape index (κ1) is 12.7. The molecule has 0 atom stereocenters. The van der Waals surface area contributed by atoms with E-state index in [1.54, 1.807) is 10.9 Å². The van der Waals surface area contributed by atoms with Crippen molar-refractivity contribution in [3.63, 3.8) is 0 Å². The molecule has 6 nitrogen and oxygen atoms in total. The maximum Gasteiger partial charge on any atom is 0.358 e. The summed E-state index contributed by atoms with van der Waals surface area (Å²) in [5, 5.41) is 19.6. The Hall–Kier alpha value is -1.76. The largest absolute Gasteiger partial charge is 0.476 e. The Morgan fingerprint density at radius 1 is 1.50 bits per heavy atom. The summed E-state index contributed by atoms with van der Waals surface area (Å²) in [6, 6.07) is 0. The van der Waals surface area contributed by atoms with Gasteiger partial charge < -0.3 is 5.11 Å². The highest BCUT2D eigenvalue weighted by atomic mass is 32.1. The number of rotatable bonds is 3. The normalized spacial score (nSPS) is 11.7. The zero-order valence-electron chi connectivity index (χ0n) is 10.4. The van der Waals surface area contributed by atoms with Crippen molar-refractivity contribution >= 4 is 17.3 Å². The SMILES string of the molecule is CC(C)(C)c1c(C(=O)O)nnn1Cc1nccs1.